The van der Waals surface area contributed by atoms with Crippen LogP contribution in [0.1, 0.15) is 36.4 Å². The highest BCUT2D eigenvalue weighted by Crippen LogP contribution is 2.30. The third-order valence-corrected chi connectivity index (χ3v) is 4.63. The summed E-state index contributed by atoms with van der Waals surface area (Å²) in [6.45, 7) is 1.27. The van der Waals surface area contributed by atoms with Gasteiger partial charge in [-0.2, -0.15) is 0 Å². The lowest BCUT2D eigenvalue weighted by Crippen LogP contribution is -2.37. The maximum Gasteiger partial charge on any atom is 0.315 e. The number of fused-ring (bicyclic) bond motifs is 1. The molecular weight excluding hydrogens is 336 g/mol. The van der Waals surface area contributed by atoms with Crippen molar-refractivity contribution in [1.82, 2.24) is 10.6 Å². The van der Waals surface area contributed by atoms with Crippen LogP contribution in [-0.4, -0.2) is 19.2 Å². The highest BCUT2D eigenvalue weighted by atomic mass is 35.5. The Hall–Kier alpha value is -2.20. The van der Waals surface area contributed by atoms with Gasteiger partial charge in [0, 0.05) is 11.6 Å². The van der Waals surface area contributed by atoms with Gasteiger partial charge in [0.25, 0.3) is 0 Å². The van der Waals surface area contributed by atoms with Crippen molar-refractivity contribution in [3.05, 3.63) is 64.7 Å². The van der Waals surface area contributed by atoms with Crippen molar-refractivity contribution in [2.75, 3.05) is 13.2 Å². The van der Waals surface area contributed by atoms with E-state index in [0.29, 0.717) is 18.2 Å². The molecule has 2 N–H and O–H groups in total. The van der Waals surface area contributed by atoms with Crippen LogP contribution in [-0.2, 0) is 6.42 Å². The van der Waals surface area contributed by atoms with E-state index in [4.69, 9.17) is 16.3 Å². The molecule has 1 atom stereocenters. The highest BCUT2D eigenvalue weighted by molar-refractivity contribution is 6.30. The number of ether oxygens (including phenoxy) is 1. The van der Waals surface area contributed by atoms with E-state index in [2.05, 4.69) is 22.8 Å². The summed E-state index contributed by atoms with van der Waals surface area (Å²) in [5, 5.41) is 6.69. The van der Waals surface area contributed by atoms with Gasteiger partial charge in [-0.25, -0.2) is 4.79 Å². The van der Waals surface area contributed by atoms with Gasteiger partial charge in [0.15, 0.2) is 0 Å². The van der Waals surface area contributed by atoms with Gasteiger partial charge in [0.05, 0.1) is 12.6 Å². The molecule has 0 heterocycles. The summed E-state index contributed by atoms with van der Waals surface area (Å²) in [4.78, 5) is 12.0. The van der Waals surface area contributed by atoms with Crippen molar-refractivity contribution in [3.63, 3.8) is 0 Å². The fourth-order valence-corrected chi connectivity index (χ4v) is 3.19. The van der Waals surface area contributed by atoms with Gasteiger partial charge in [0.2, 0.25) is 0 Å². The van der Waals surface area contributed by atoms with Gasteiger partial charge >= 0.3 is 6.03 Å². The van der Waals surface area contributed by atoms with Crippen molar-refractivity contribution >= 4 is 17.6 Å². The summed E-state index contributed by atoms with van der Waals surface area (Å²) < 4.78 is 5.63. The first-order valence-electron chi connectivity index (χ1n) is 8.73. The maximum atomic E-state index is 12.0. The molecule has 25 heavy (non-hydrogen) atoms. The number of benzene rings is 2. The quantitative estimate of drug-likeness (QED) is 0.717. The first kappa shape index (κ1) is 17.6. The van der Waals surface area contributed by atoms with Crippen LogP contribution in [0.4, 0.5) is 4.79 Å². The van der Waals surface area contributed by atoms with Crippen LogP contribution in [0.3, 0.4) is 0 Å². The van der Waals surface area contributed by atoms with Crippen LogP contribution >= 0.6 is 11.6 Å². The maximum absolute atomic E-state index is 12.0. The van der Waals surface area contributed by atoms with E-state index in [-0.39, 0.29) is 12.1 Å². The van der Waals surface area contributed by atoms with Crippen molar-refractivity contribution < 1.29 is 9.53 Å². The topological polar surface area (TPSA) is 50.4 Å². The van der Waals surface area contributed by atoms with Crippen LogP contribution in [0.25, 0.3) is 0 Å². The SMILES string of the molecule is O=C(NCCCCOc1ccc(Cl)cc1)NC1CCc2ccccc21. The number of hydrogen-bond donors (Lipinski definition) is 2. The van der Waals surface area contributed by atoms with E-state index in [1.807, 2.05) is 36.4 Å². The molecule has 0 aliphatic heterocycles. The Balaban J connectivity index is 1.29. The van der Waals surface area contributed by atoms with Crippen LogP contribution in [0.5, 0.6) is 5.75 Å². The Morgan fingerprint density at radius 1 is 1.12 bits per heavy atom. The number of carbonyl (C=O) groups excluding carboxylic acids is 1. The molecule has 0 radical (unpaired) electrons. The number of halogens is 1. The summed E-state index contributed by atoms with van der Waals surface area (Å²) in [6, 6.07) is 15.7. The van der Waals surface area contributed by atoms with Crippen LogP contribution in [0.2, 0.25) is 5.02 Å². The van der Waals surface area contributed by atoms with E-state index in [1.54, 1.807) is 0 Å². The molecule has 4 nitrogen and oxygen atoms in total. The lowest BCUT2D eigenvalue weighted by molar-refractivity contribution is 0.236. The molecule has 0 fully saturated rings. The summed E-state index contributed by atoms with van der Waals surface area (Å²) in [5.41, 5.74) is 2.58. The second-order valence-corrected chi connectivity index (χ2v) is 6.64. The lowest BCUT2D eigenvalue weighted by atomic mass is 10.1. The van der Waals surface area contributed by atoms with Crippen molar-refractivity contribution in [2.24, 2.45) is 0 Å². The van der Waals surface area contributed by atoms with E-state index in [0.717, 1.165) is 31.4 Å². The van der Waals surface area contributed by atoms with Gasteiger partial charge in [0.1, 0.15) is 5.75 Å². The van der Waals surface area contributed by atoms with E-state index >= 15 is 0 Å². The molecule has 2 aromatic carbocycles. The molecule has 3 rings (SSSR count). The van der Waals surface area contributed by atoms with Gasteiger partial charge in [-0.1, -0.05) is 35.9 Å². The first-order valence-corrected chi connectivity index (χ1v) is 9.11. The third-order valence-electron chi connectivity index (χ3n) is 4.38. The fourth-order valence-electron chi connectivity index (χ4n) is 3.07. The molecule has 132 valence electrons. The number of carbonyl (C=O) groups is 1. The molecular formula is C20H23ClN2O2. The number of urea groups is 1. The zero-order valence-electron chi connectivity index (χ0n) is 14.1. The standard InChI is InChI=1S/C20H23ClN2O2/c21-16-8-10-17(11-9-16)25-14-4-3-13-22-20(24)23-19-12-7-15-5-1-2-6-18(15)19/h1-2,5-6,8-11,19H,3-4,7,12-14H2,(H2,22,23,24). The van der Waals surface area contributed by atoms with Gasteiger partial charge in [-0.15, -0.1) is 0 Å². The molecule has 1 aliphatic carbocycles. The molecule has 5 heteroatoms. The van der Waals surface area contributed by atoms with Crippen molar-refractivity contribution in [3.8, 4) is 5.75 Å². The van der Waals surface area contributed by atoms with E-state index < -0.39 is 0 Å². The van der Waals surface area contributed by atoms with Gasteiger partial charge in [-0.05, 0) is 61.1 Å². The molecule has 0 bridgehead atoms. The number of amides is 2. The normalized spacial score (nSPS) is 15.5. The molecule has 1 aliphatic rings. The highest BCUT2D eigenvalue weighted by Gasteiger charge is 2.22. The number of hydrogen-bond acceptors (Lipinski definition) is 2. The second kappa shape index (κ2) is 8.77. The molecule has 1 unspecified atom stereocenters. The Kier molecular flexibility index (Phi) is 6.18. The minimum atomic E-state index is -0.0969. The largest absolute Gasteiger partial charge is 0.494 e. The van der Waals surface area contributed by atoms with Crippen molar-refractivity contribution in [1.29, 1.82) is 0 Å². The van der Waals surface area contributed by atoms with Crippen LogP contribution < -0.4 is 15.4 Å². The number of unbranched alkanes of at least 4 members (excludes halogenated alkanes) is 1. The zero-order valence-corrected chi connectivity index (χ0v) is 14.9. The molecule has 2 amide bonds. The van der Waals surface area contributed by atoms with Crippen molar-refractivity contribution in [2.45, 2.75) is 31.7 Å². The average molecular weight is 359 g/mol. The minimum Gasteiger partial charge on any atom is -0.494 e. The molecule has 0 saturated heterocycles. The second-order valence-electron chi connectivity index (χ2n) is 6.20. The number of nitrogens with one attached hydrogen (secondary N) is 2. The van der Waals surface area contributed by atoms with E-state index in [1.165, 1.54) is 11.1 Å². The lowest BCUT2D eigenvalue weighted by Gasteiger charge is -2.15. The average Bonchev–Trinajstić information content (AvgIpc) is 3.02. The van der Waals surface area contributed by atoms with Gasteiger partial charge in [-0.3, -0.25) is 0 Å². The predicted molar refractivity (Wildman–Crippen MR) is 100 cm³/mol. The monoisotopic (exact) mass is 358 g/mol. The number of aryl methyl sites for hydroxylation is 1. The zero-order chi connectivity index (χ0) is 17.5. The molecule has 2 aromatic rings. The fraction of sp³-hybridized carbons (Fsp3) is 0.350. The van der Waals surface area contributed by atoms with Crippen LogP contribution in [0.15, 0.2) is 48.5 Å². The Morgan fingerprint density at radius 3 is 2.76 bits per heavy atom. The summed E-state index contributed by atoms with van der Waals surface area (Å²) in [5.74, 6) is 0.815. The molecule has 0 aromatic heterocycles. The predicted octanol–water partition coefficient (Wildman–Crippen LogP) is 4.49. The first-order chi connectivity index (χ1) is 12.2. The smallest absolute Gasteiger partial charge is 0.315 e. The summed E-state index contributed by atoms with van der Waals surface area (Å²) in [7, 11) is 0. The minimum absolute atomic E-state index is 0.0969. The molecule has 0 spiro atoms. The molecule has 0 saturated carbocycles. The third kappa shape index (κ3) is 5.13. The Morgan fingerprint density at radius 2 is 1.92 bits per heavy atom. The Labute approximate surface area is 153 Å². The Bertz CT molecular complexity index is 703. The van der Waals surface area contributed by atoms with Gasteiger partial charge < -0.3 is 15.4 Å². The van der Waals surface area contributed by atoms with E-state index in [9.17, 15) is 4.79 Å². The number of rotatable bonds is 7. The van der Waals surface area contributed by atoms with Crippen LogP contribution in [0, 0.1) is 0 Å². The summed E-state index contributed by atoms with van der Waals surface area (Å²) in [6.07, 6.45) is 3.77. The summed E-state index contributed by atoms with van der Waals surface area (Å²) >= 11 is 5.83.